The lowest BCUT2D eigenvalue weighted by Crippen LogP contribution is -2.12. The molecule has 0 saturated heterocycles. The fourth-order valence-corrected chi connectivity index (χ4v) is 3.06. The van der Waals surface area contributed by atoms with E-state index in [4.69, 9.17) is 0 Å². The highest BCUT2D eigenvalue weighted by atomic mass is 32.1. The van der Waals surface area contributed by atoms with Crippen LogP contribution < -0.4 is 5.32 Å². The summed E-state index contributed by atoms with van der Waals surface area (Å²) in [6.07, 6.45) is 0.737. The van der Waals surface area contributed by atoms with Gasteiger partial charge < -0.3 is 5.32 Å². The zero-order valence-electron chi connectivity index (χ0n) is 13.4. The van der Waals surface area contributed by atoms with Gasteiger partial charge in [-0.15, -0.1) is 11.3 Å². The molecule has 0 aliphatic heterocycles. The number of aromatic nitrogens is 1. The summed E-state index contributed by atoms with van der Waals surface area (Å²) >= 11 is 1.66. The van der Waals surface area contributed by atoms with Gasteiger partial charge >= 0.3 is 0 Å². The van der Waals surface area contributed by atoms with E-state index in [0.29, 0.717) is 12.2 Å². The van der Waals surface area contributed by atoms with Crippen LogP contribution in [0.3, 0.4) is 0 Å². The summed E-state index contributed by atoms with van der Waals surface area (Å²) in [6.45, 7) is 8.40. The molecule has 22 heavy (non-hydrogen) atoms. The summed E-state index contributed by atoms with van der Waals surface area (Å²) in [5.74, 6) is -0.759. The predicted molar refractivity (Wildman–Crippen MR) is 89.4 cm³/mol. The molecule has 3 nitrogen and oxygen atoms in total. The molecule has 2 rings (SSSR count). The molecule has 0 amide bonds. The van der Waals surface area contributed by atoms with Crippen LogP contribution in [0, 0.1) is 5.82 Å². The van der Waals surface area contributed by atoms with Gasteiger partial charge in [0, 0.05) is 29.4 Å². The summed E-state index contributed by atoms with van der Waals surface area (Å²) < 4.78 is 13.7. The van der Waals surface area contributed by atoms with Crippen LogP contribution in [0.25, 0.3) is 0 Å². The highest BCUT2D eigenvalue weighted by Gasteiger charge is 2.18. The van der Waals surface area contributed by atoms with E-state index in [1.165, 1.54) is 13.0 Å². The fraction of sp³-hybridized carbons (Fsp3) is 0.412. The highest BCUT2D eigenvalue weighted by Crippen LogP contribution is 2.26. The van der Waals surface area contributed by atoms with Crippen molar-refractivity contribution >= 4 is 22.8 Å². The summed E-state index contributed by atoms with van der Waals surface area (Å²) in [5, 5.41) is 6.30. The first-order chi connectivity index (χ1) is 10.3. The normalized spacial score (nSPS) is 11.5. The van der Waals surface area contributed by atoms with Gasteiger partial charge in [0.05, 0.1) is 16.3 Å². The minimum Gasteiger partial charge on any atom is -0.384 e. The van der Waals surface area contributed by atoms with Gasteiger partial charge in [-0.25, -0.2) is 9.37 Å². The quantitative estimate of drug-likeness (QED) is 0.828. The molecule has 0 saturated carbocycles. The zero-order chi connectivity index (χ0) is 16.3. The molecule has 2 aromatic rings. The number of nitrogens with one attached hydrogen (secondary N) is 1. The van der Waals surface area contributed by atoms with Crippen molar-refractivity contribution in [2.75, 3.05) is 11.9 Å². The molecule has 0 spiro atoms. The van der Waals surface area contributed by atoms with E-state index in [-0.39, 0.29) is 16.8 Å². The van der Waals surface area contributed by atoms with E-state index in [1.807, 2.05) is 0 Å². The number of rotatable bonds is 5. The number of halogens is 1. The van der Waals surface area contributed by atoms with Crippen LogP contribution in [0.1, 0.15) is 48.8 Å². The average Bonchev–Trinajstić information content (AvgIpc) is 2.87. The lowest BCUT2D eigenvalue weighted by Gasteiger charge is -2.13. The molecule has 1 aromatic heterocycles. The standard InChI is InChI=1S/C17H21FN2OS/c1-11(21)15-13(18)6-5-7-14(15)19-9-8-12-10-22-16(20-12)17(2,3)4/h5-7,10,19H,8-9H2,1-4H3. The topological polar surface area (TPSA) is 42.0 Å². The third-order valence-corrected chi connectivity index (χ3v) is 4.57. The van der Waals surface area contributed by atoms with Gasteiger partial charge in [0.1, 0.15) is 5.82 Å². The van der Waals surface area contributed by atoms with Crippen LogP contribution >= 0.6 is 11.3 Å². The van der Waals surface area contributed by atoms with E-state index in [2.05, 4.69) is 36.5 Å². The van der Waals surface area contributed by atoms with Gasteiger partial charge in [0.2, 0.25) is 0 Å². The van der Waals surface area contributed by atoms with Crippen molar-refractivity contribution < 1.29 is 9.18 Å². The average molecular weight is 320 g/mol. The van der Waals surface area contributed by atoms with Crippen LogP contribution in [-0.2, 0) is 11.8 Å². The maximum atomic E-state index is 13.7. The molecule has 1 aromatic carbocycles. The van der Waals surface area contributed by atoms with Gasteiger partial charge in [-0.2, -0.15) is 0 Å². The molecule has 1 heterocycles. The van der Waals surface area contributed by atoms with Crippen molar-refractivity contribution in [2.45, 2.75) is 39.5 Å². The van der Waals surface area contributed by atoms with Crippen molar-refractivity contribution in [1.29, 1.82) is 0 Å². The first-order valence-corrected chi connectivity index (χ1v) is 8.15. The monoisotopic (exact) mass is 320 g/mol. The van der Waals surface area contributed by atoms with E-state index in [9.17, 15) is 9.18 Å². The molecule has 118 valence electrons. The van der Waals surface area contributed by atoms with Crippen LogP contribution in [0.4, 0.5) is 10.1 Å². The molecule has 0 atom stereocenters. The van der Waals surface area contributed by atoms with Crippen LogP contribution in [-0.4, -0.2) is 17.3 Å². The molecular formula is C17H21FN2OS. The van der Waals surface area contributed by atoms with E-state index < -0.39 is 5.82 Å². The number of thiazole rings is 1. The molecule has 0 aliphatic rings. The number of ketones is 1. The summed E-state index contributed by atoms with van der Waals surface area (Å²) in [6, 6.07) is 4.63. The Balaban J connectivity index is 2.02. The molecule has 0 fully saturated rings. The third-order valence-electron chi connectivity index (χ3n) is 3.26. The second kappa shape index (κ2) is 6.57. The lowest BCUT2D eigenvalue weighted by atomic mass is 9.98. The Labute approximate surface area is 134 Å². The molecule has 1 N–H and O–H groups in total. The van der Waals surface area contributed by atoms with Crippen molar-refractivity contribution in [3.63, 3.8) is 0 Å². The number of carbonyl (C=O) groups is 1. The Morgan fingerprint density at radius 3 is 2.68 bits per heavy atom. The van der Waals surface area contributed by atoms with Crippen molar-refractivity contribution in [3.05, 3.63) is 45.7 Å². The van der Waals surface area contributed by atoms with Gasteiger partial charge in [-0.1, -0.05) is 26.8 Å². The van der Waals surface area contributed by atoms with Crippen LogP contribution in [0.2, 0.25) is 0 Å². The van der Waals surface area contributed by atoms with Crippen molar-refractivity contribution in [1.82, 2.24) is 4.98 Å². The van der Waals surface area contributed by atoms with E-state index in [0.717, 1.165) is 17.1 Å². The maximum absolute atomic E-state index is 13.7. The molecule has 0 bridgehead atoms. The first kappa shape index (κ1) is 16.6. The van der Waals surface area contributed by atoms with Crippen LogP contribution in [0.5, 0.6) is 0 Å². The SMILES string of the molecule is CC(=O)c1c(F)cccc1NCCc1csc(C(C)(C)C)n1. The van der Waals surface area contributed by atoms with Gasteiger partial charge in [0.15, 0.2) is 5.78 Å². The highest BCUT2D eigenvalue weighted by molar-refractivity contribution is 7.09. The van der Waals surface area contributed by atoms with E-state index in [1.54, 1.807) is 23.5 Å². The zero-order valence-corrected chi connectivity index (χ0v) is 14.2. The van der Waals surface area contributed by atoms with Crippen LogP contribution in [0.15, 0.2) is 23.6 Å². The number of carbonyl (C=O) groups excluding carboxylic acids is 1. The second-order valence-corrected chi connectivity index (χ2v) is 7.15. The Hall–Kier alpha value is -1.75. The second-order valence-electron chi connectivity index (χ2n) is 6.29. The number of benzene rings is 1. The summed E-state index contributed by atoms with van der Waals surface area (Å²) in [4.78, 5) is 16.2. The molecule has 0 radical (unpaired) electrons. The molecule has 0 unspecified atom stereocenters. The molecule has 5 heteroatoms. The fourth-order valence-electron chi connectivity index (χ4n) is 2.12. The Morgan fingerprint density at radius 1 is 1.36 bits per heavy atom. The molecular weight excluding hydrogens is 299 g/mol. The predicted octanol–water partition coefficient (Wildman–Crippen LogP) is 4.44. The van der Waals surface area contributed by atoms with Gasteiger partial charge in [-0.3, -0.25) is 4.79 Å². The van der Waals surface area contributed by atoms with E-state index >= 15 is 0 Å². The van der Waals surface area contributed by atoms with Gasteiger partial charge in [0.25, 0.3) is 0 Å². The number of nitrogens with zero attached hydrogens (tertiary/aromatic N) is 1. The first-order valence-electron chi connectivity index (χ1n) is 7.27. The summed E-state index contributed by atoms with van der Waals surface area (Å²) in [7, 11) is 0. The number of hydrogen-bond donors (Lipinski definition) is 1. The lowest BCUT2D eigenvalue weighted by molar-refractivity contribution is 0.101. The summed E-state index contributed by atoms with van der Waals surface area (Å²) in [5.41, 5.74) is 1.74. The number of hydrogen-bond acceptors (Lipinski definition) is 4. The largest absolute Gasteiger partial charge is 0.384 e. The van der Waals surface area contributed by atoms with Gasteiger partial charge in [-0.05, 0) is 19.1 Å². The number of anilines is 1. The minimum atomic E-state index is -0.485. The molecule has 0 aliphatic carbocycles. The van der Waals surface area contributed by atoms with Crippen molar-refractivity contribution in [2.24, 2.45) is 0 Å². The minimum absolute atomic E-state index is 0.0563. The maximum Gasteiger partial charge on any atom is 0.164 e. The third kappa shape index (κ3) is 3.91. The smallest absolute Gasteiger partial charge is 0.164 e. The Kier molecular flexibility index (Phi) is 4.96. The van der Waals surface area contributed by atoms with Crippen molar-refractivity contribution in [3.8, 4) is 0 Å². The Morgan fingerprint density at radius 2 is 2.09 bits per heavy atom. The number of Topliss-reactive ketones (excluding diaryl/α,β-unsaturated/α-hetero) is 1. The Bertz CT molecular complexity index is 674.